The van der Waals surface area contributed by atoms with Gasteiger partial charge in [-0.25, -0.2) is 0 Å². The van der Waals surface area contributed by atoms with Gasteiger partial charge in [0.1, 0.15) is 33.5 Å². The molecule has 3 heterocycles. The zero-order chi connectivity index (χ0) is 90.0. The normalized spacial score (nSPS) is 12.7. The Morgan fingerprint density at radius 1 is 0.138 bits per heavy atom. The Bertz CT molecular complexity index is 8890. The number of para-hydroxylation sites is 1. The third-order valence-corrected chi connectivity index (χ3v) is 24.1. The SMILES string of the molecule is [2H]c1c([2H])c([2H])c(-c2c3ccccc3c(-c3ccc4oc5cc(-c6ccccc6)ccc5c4c3)c3ccccc23)c([2H])c1[2H].[2H]c1c([2H])c([2H])c(-c2c3ccccc3c(-c3ccc4oc5ccc(-c6ccccc6)cc5c4c3)c3ccccc23)c([2H])c1[2H].c1ccc(-c2cc(-c3c4ccccc4c(-c4ccccc4)c4cc(-c5ccccc5)ccc34)c3c(c2)oc2ccccc23)cc1. The molecular formula is C120H76O3. The van der Waals surface area contributed by atoms with Crippen molar-refractivity contribution in [1.82, 2.24) is 0 Å². The lowest BCUT2D eigenvalue weighted by atomic mass is 9.83. The van der Waals surface area contributed by atoms with E-state index in [9.17, 15) is 0 Å². The van der Waals surface area contributed by atoms with E-state index >= 15 is 0 Å². The number of furan rings is 3. The van der Waals surface area contributed by atoms with Crippen LogP contribution in [0.2, 0.25) is 0 Å². The van der Waals surface area contributed by atoms with Gasteiger partial charge in [-0.2, -0.15) is 0 Å². The van der Waals surface area contributed by atoms with Crippen molar-refractivity contribution in [1.29, 1.82) is 0 Å². The summed E-state index contributed by atoms with van der Waals surface area (Å²) < 4.78 is 104. The summed E-state index contributed by atoms with van der Waals surface area (Å²) in [5, 5.41) is 18.3. The first-order chi connectivity index (χ1) is 65.2. The Balaban J connectivity index is 0.000000113. The average Bonchev–Trinajstić information content (AvgIpc) is 1.48. The van der Waals surface area contributed by atoms with Crippen LogP contribution in [0.15, 0.2) is 474 Å². The van der Waals surface area contributed by atoms with Crippen molar-refractivity contribution in [3.05, 3.63) is 461 Å². The smallest absolute Gasteiger partial charge is 0.136 e. The minimum Gasteiger partial charge on any atom is -0.456 e. The zero-order valence-corrected chi connectivity index (χ0v) is 66.3. The first-order valence-electron chi connectivity index (χ1n) is 46.3. The van der Waals surface area contributed by atoms with Gasteiger partial charge in [0.05, 0.1) is 13.7 Å². The average molecular weight is 1580 g/mol. The lowest BCUT2D eigenvalue weighted by Crippen LogP contribution is -1.93. The van der Waals surface area contributed by atoms with Crippen molar-refractivity contribution in [2.24, 2.45) is 0 Å². The van der Waals surface area contributed by atoms with E-state index in [1.807, 2.05) is 158 Å². The van der Waals surface area contributed by atoms with Crippen LogP contribution in [0.5, 0.6) is 0 Å². The molecule has 0 radical (unpaired) electrons. The molecule has 3 nitrogen and oxygen atoms in total. The molecule has 3 aromatic heterocycles. The zero-order valence-electron chi connectivity index (χ0n) is 76.3. The van der Waals surface area contributed by atoms with E-state index in [0.717, 1.165) is 159 Å². The molecule has 0 N–H and O–H groups in total. The van der Waals surface area contributed by atoms with Crippen LogP contribution in [-0.4, -0.2) is 0 Å². The molecule has 0 atom stereocenters. The summed E-state index contributed by atoms with van der Waals surface area (Å²) in [6.07, 6.45) is 0. The fourth-order valence-corrected chi connectivity index (χ4v) is 18.7. The minimum atomic E-state index is -0.398. The van der Waals surface area contributed by atoms with Gasteiger partial charge in [0.25, 0.3) is 0 Å². The predicted molar refractivity (Wildman–Crippen MR) is 521 cm³/mol. The van der Waals surface area contributed by atoms with Gasteiger partial charge < -0.3 is 13.3 Å². The Kier molecular flexibility index (Phi) is 15.4. The summed E-state index contributed by atoms with van der Waals surface area (Å²) in [4.78, 5) is 0. The minimum absolute atomic E-state index is 0.208. The Morgan fingerprint density at radius 3 is 0.837 bits per heavy atom. The molecule has 0 fully saturated rings. The summed E-state index contributed by atoms with van der Waals surface area (Å²) in [7, 11) is 0. The van der Waals surface area contributed by atoms with E-state index < -0.39 is 12.1 Å². The molecular weight excluding hydrogens is 1490 g/mol. The third kappa shape index (κ3) is 12.8. The lowest BCUT2D eigenvalue weighted by molar-refractivity contribution is 0.668. The van der Waals surface area contributed by atoms with Crippen molar-refractivity contribution in [3.63, 3.8) is 0 Å². The quantitative estimate of drug-likeness (QED) is 0.128. The van der Waals surface area contributed by atoms with E-state index in [1.54, 1.807) is 0 Å². The van der Waals surface area contributed by atoms with Crippen molar-refractivity contribution in [2.45, 2.75) is 0 Å². The highest BCUT2D eigenvalue weighted by Gasteiger charge is 2.25. The van der Waals surface area contributed by atoms with Crippen molar-refractivity contribution >= 4 is 130 Å². The van der Waals surface area contributed by atoms with Crippen molar-refractivity contribution < 1.29 is 27.0 Å². The number of benzene rings is 22. The molecule has 0 aliphatic heterocycles. The topological polar surface area (TPSA) is 39.4 Å². The van der Waals surface area contributed by atoms with Crippen LogP contribution >= 0.6 is 0 Å². The van der Waals surface area contributed by atoms with E-state index in [4.69, 9.17) is 27.0 Å². The van der Waals surface area contributed by atoms with E-state index in [2.05, 4.69) is 243 Å². The molecule has 0 spiro atoms. The van der Waals surface area contributed by atoms with Gasteiger partial charge in [-0.15, -0.1) is 0 Å². The summed E-state index contributed by atoms with van der Waals surface area (Å²) >= 11 is 0. The molecule has 0 saturated heterocycles. The molecule has 123 heavy (non-hydrogen) atoms. The van der Waals surface area contributed by atoms with Gasteiger partial charge in [-0.3, -0.25) is 0 Å². The molecule has 3 heteroatoms. The molecule has 0 aliphatic rings. The number of rotatable bonds is 10. The maximum absolute atomic E-state index is 8.79. The summed E-state index contributed by atoms with van der Waals surface area (Å²) in [5.74, 6) is 0. The Morgan fingerprint density at radius 2 is 0.407 bits per heavy atom. The van der Waals surface area contributed by atoms with Crippen molar-refractivity contribution in [3.8, 4) is 111 Å². The van der Waals surface area contributed by atoms with Gasteiger partial charge in [0.15, 0.2) is 0 Å². The van der Waals surface area contributed by atoms with Crippen molar-refractivity contribution in [2.75, 3.05) is 0 Å². The summed E-state index contributed by atoms with van der Waals surface area (Å²) in [5.41, 5.74) is 24.9. The van der Waals surface area contributed by atoms with E-state index in [-0.39, 0.29) is 59.5 Å². The molecule has 22 aromatic carbocycles. The van der Waals surface area contributed by atoms with E-state index in [1.165, 1.54) is 60.5 Å². The number of hydrogen-bond donors (Lipinski definition) is 0. The van der Waals surface area contributed by atoms with Gasteiger partial charge in [-0.05, 0) is 249 Å². The fraction of sp³-hybridized carbons (Fsp3) is 0. The predicted octanol–water partition coefficient (Wildman–Crippen LogP) is 34.3. The molecule has 0 saturated carbocycles. The molecule has 574 valence electrons. The highest BCUT2D eigenvalue weighted by molar-refractivity contribution is 6.28. The highest BCUT2D eigenvalue weighted by atomic mass is 16.3. The van der Waals surface area contributed by atoms with Gasteiger partial charge >= 0.3 is 0 Å². The molecule has 0 amide bonds. The third-order valence-electron chi connectivity index (χ3n) is 24.1. The van der Waals surface area contributed by atoms with Crippen LogP contribution in [0.3, 0.4) is 0 Å². The molecule has 0 bridgehead atoms. The van der Waals surface area contributed by atoms with Crippen LogP contribution in [0.1, 0.15) is 13.7 Å². The first-order valence-corrected chi connectivity index (χ1v) is 41.3. The molecule has 0 unspecified atom stereocenters. The van der Waals surface area contributed by atoms with Crippen LogP contribution in [0, 0.1) is 0 Å². The molecule has 25 aromatic rings. The number of hydrogen-bond acceptors (Lipinski definition) is 3. The van der Waals surface area contributed by atoms with Gasteiger partial charge in [0.2, 0.25) is 0 Å². The molecule has 0 aliphatic carbocycles. The van der Waals surface area contributed by atoms with Gasteiger partial charge in [0, 0.05) is 32.3 Å². The van der Waals surface area contributed by atoms with Crippen LogP contribution < -0.4 is 0 Å². The maximum Gasteiger partial charge on any atom is 0.136 e. The second-order valence-electron chi connectivity index (χ2n) is 31.1. The van der Waals surface area contributed by atoms with Gasteiger partial charge in [-0.1, -0.05) is 388 Å². The van der Waals surface area contributed by atoms with Crippen LogP contribution in [0.4, 0.5) is 0 Å². The second-order valence-corrected chi connectivity index (χ2v) is 31.1. The number of fused-ring (bicyclic) bond motifs is 15. The summed E-state index contributed by atoms with van der Waals surface area (Å²) in [6.45, 7) is 0. The van der Waals surface area contributed by atoms with E-state index in [0.29, 0.717) is 11.1 Å². The summed E-state index contributed by atoms with van der Waals surface area (Å²) in [6, 6.07) is 135. The largest absolute Gasteiger partial charge is 0.456 e. The Hall–Kier alpha value is -16.2. The monoisotopic (exact) mass is 1570 g/mol. The maximum atomic E-state index is 8.79. The highest BCUT2D eigenvalue weighted by Crippen LogP contribution is 2.52. The lowest BCUT2D eigenvalue weighted by Gasteiger charge is -2.20. The Labute approximate surface area is 725 Å². The standard InChI is InChI=1S/C44H28O.2C38H24O/c1-4-14-29(15-5-1)32-24-25-36-38(26-32)42(31-18-8-3-9-19-31)34-20-10-11-21-35(34)43(36)39-27-33(30-16-6-2-7-17-30)28-41-44(39)37-22-12-13-23-40(37)45-41;1-3-11-25(12-4-1)27-19-21-29-34-23-28(20-22-35(34)39-36(29)24-27)38-32-17-9-7-15-30(32)37(26-13-5-2-6-14-26)31-16-8-10-18-33(31)38;1-3-11-25(12-4-1)27-19-21-35-33(23-27)34-24-28(20-22-36(34)39-35)38-31-17-9-7-15-29(31)37(26-13-5-2-6-14-26)30-16-8-10-18-32(30)38/h1-28H;2*1-24H/i;2*2D,5D,6D,13D,14D. The second kappa shape index (κ2) is 30.6. The first kappa shape index (κ1) is 62.1. The van der Waals surface area contributed by atoms with Crippen LogP contribution in [0.25, 0.3) is 242 Å². The fourth-order valence-electron chi connectivity index (χ4n) is 18.7. The van der Waals surface area contributed by atoms with Crippen LogP contribution in [-0.2, 0) is 0 Å². The molecule has 25 rings (SSSR count).